The van der Waals surface area contributed by atoms with E-state index in [0.717, 1.165) is 16.7 Å². The maximum absolute atomic E-state index is 5.85. The van der Waals surface area contributed by atoms with Crippen molar-refractivity contribution in [2.24, 2.45) is 0 Å². The van der Waals surface area contributed by atoms with Crippen LogP contribution < -0.4 is 14.2 Å². The van der Waals surface area contributed by atoms with Crippen LogP contribution in [0, 0.1) is 6.92 Å². The fourth-order valence-electron chi connectivity index (χ4n) is 5.07. The van der Waals surface area contributed by atoms with E-state index in [1.807, 2.05) is 12.1 Å². The van der Waals surface area contributed by atoms with Gasteiger partial charge in [0, 0.05) is 12.1 Å². The van der Waals surface area contributed by atoms with Crippen molar-refractivity contribution in [2.75, 3.05) is 21.3 Å². The Morgan fingerprint density at radius 3 is 1.82 bits per heavy atom. The Balaban J connectivity index is 1.88. The van der Waals surface area contributed by atoms with Crippen LogP contribution >= 0.6 is 0 Å². The normalized spacial score (nSPS) is 16.5. The van der Waals surface area contributed by atoms with Gasteiger partial charge in [0.25, 0.3) is 0 Å². The van der Waals surface area contributed by atoms with Crippen LogP contribution in [0.2, 0.25) is 0 Å². The second kappa shape index (κ2) is 8.75. The molecule has 3 nitrogen and oxygen atoms in total. The van der Waals surface area contributed by atoms with E-state index >= 15 is 0 Å². The number of rotatable bonds is 6. The Hall–Kier alpha value is -3.98. The first kappa shape index (κ1) is 21.8. The molecule has 0 spiro atoms. The molecule has 34 heavy (non-hydrogen) atoms. The van der Waals surface area contributed by atoms with Crippen molar-refractivity contribution in [2.45, 2.75) is 12.3 Å². The largest absolute Gasteiger partial charge is 0.496 e. The lowest BCUT2D eigenvalue weighted by atomic mass is 9.71. The van der Waals surface area contributed by atoms with Gasteiger partial charge in [0.05, 0.1) is 32.3 Å². The SMILES string of the molecule is COc1cc(OC)c(C2=CC(c3ccccc3)(c3ccc(C)cc3)c3ccccc32)c(OC)c1. The predicted octanol–water partition coefficient (Wildman–Crippen LogP) is 6.80. The summed E-state index contributed by atoms with van der Waals surface area (Å²) >= 11 is 0. The molecule has 0 saturated carbocycles. The van der Waals surface area contributed by atoms with Crippen LogP contribution in [0.25, 0.3) is 5.57 Å². The number of benzene rings is 4. The zero-order valence-electron chi connectivity index (χ0n) is 20.0. The quantitative estimate of drug-likeness (QED) is 0.325. The Bertz CT molecular complexity index is 1330. The molecule has 3 heteroatoms. The van der Waals surface area contributed by atoms with Crippen LogP contribution in [0.5, 0.6) is 17.2 Å². The summed E-state index contributed by atoms with van der Waals surface area (Å²) in [5, 5.41) is 0. The van der Waals surface area contributed by atoms with Gasteiger partial charge in [-0.25, -0.2) is 0 Å². The van der Waals surface area contributed by atoms with E-state index in [1.54, 1.807) is 21.3 Å². The van der Waals surface area contributed by atoms with E-state index in [4.69, 9.17) is 14.2 Å². The third-order valence-corrected chi connectivity index (χ3v) is 6.72. The Kier molecular flexibility index (Phi) is 5.62. The van der Waals surface area contributed by atoms with Gasteiger partial charge in [-0.3, -0.25) is 0 Å². The summed E-state index contributed by atoms with van der Waals surface area (Å²) in [4.78, 5) is 0. The highest BCUT2D eigenvalue weighted by molar-refractivity contribution is 5.94. The first-order valence-electron chi connectivity index (χ1n) is 11.4. The van der Waals surface area contributed by atoms with Crippen molar-refractivity contribution < 1.29 is 14.2 Å². The average Bonchev–Trinajstić information content (AvgIpc) is 3.24. The highest BCUT2D eigenvalue weighted by Crippen LogP contribution is 2.54. The number of hydrogen-bond donors (Lipinski definition) is 0. The molecule has 0 N–H and O–H groups in total. The van der Waals surface area contributed by atoms with Crippen molar-refractivity contribution in [1.29, 1.82) is 0 Å². The van der Waals surface area contributed by atoms with Crippen LogP contribution in [-0.2, 0) is 5.41 Å². The molecular formula is C31H28O3. The lowest BCUT2D eigenvalue weighted by Gasteiger charge is -2.31. The summed E-state index contributed by atoms with van der Waals surface area (Å²) in [5.74, 6) is 2.12. The van der Waals surface area contributed by atoms with Crippen molar-refractivity contribution in [3.8, 4) is 17.2 Å². The molecule has 0 heterocycles. The Morgan fingerprint density at radius 2 is 1.21 bits per heavy atom. The molecule has 0 aliphatic heterocycles. The second-order valence-electron chi connectivity index (χ2n) is 8.55. The van der Waals surface area contributed by atoms with Gasteiger partial charge in [-0.2, -0.15) is 0 Å². The number of hydrogen-bond acceptors (Lipinski definition) is 3. The summed E-state index contributed by atoms with van der Waals surface area (Å²) in [6.07, 6.45) is 2.37. The second-order valence-corrected chi connectivity index (χ2v) is 8.55. The number of fused-ring (bicyclic) bond motifs is 1. The van der Waals surface area contributed by atoms with E-state index in [-0.39, 0.29) is 0 Å². The van der Waals surface area contributed by atoms with Crippen LogP contribution in [-0.4, -0.2) is 21.3 Å². The van der Waals surface area contributed by atoms with Gasteiger partial charge in [0.15, 0.2) is 0 Å². The fraction of sp³-hybridized carbons (Fsp3) is 0.161. The molecule has 4 aromatic rings. The highest BCUT2D eigenvalue weighted by Gasteiger charge is 2.42. The Morgan fingerprint density at radius 1 is 0.618 bits per heavy atom. The monoisotopic (exact) mass is 448 g/mol. The Labute approximate surface area is 201 Å². The van der Waals surface area contributed by atoms with Crippen molar-refractivity contribution in [3.05, 3.63) is 130 Å². The summed E-state index contributed by atoms with van der Waals surface area (Å²) < 4.78 is 17.2. The van der Waals surface area contributed by atoms with Crippen LogP contribution in [0.4, 0.5) is 0 Å². The molecule has 1 atom stereocenters. The van der Waals surface area contributed by atoms with E-state index in [0.29, 0.717) is 17.2 Å². The summed E-state index contributed by atoms with van der Waals surface area (Å²) in [7, 11) is 5.02. The molecule has 4 aromatic carbocycles. The van der Waals surface area contributed by atoms with E-state index in [9.17, 15) is 0 Å². The molecule has 1 unspecified atom stereocenters. The number of methoxy groups -OCH3 is 3. The molecule has 1 aliphatic rings. The third kappa shape index (κ3) is 3.36. The molecular weight excluding hydrogens is 420 g/mol. The number of ether oxygens (including phenoxy) is 3. The van der Waals surface area contributed by atoms with E-state index in [2.05, 4.69) is 91.9 Å². The lowest BCUT2D eigenvalue weighted by Crippen LogP contribution is -2.25. The maximum atomic E-state index is 5.85. The zero-order valence-corrected chi connectivity index (χ0v) is 20.0. The topological polar surface area (TPSA) is 27.7 Å². The predicted molar refractivity (Wildman–Crippen MR) is 137 cm³/mol. The van der Waals surface area contributed by atoms with Gasteiger partial charge in [-0.1, -0.05) is 90.5 Å². The van der Waals surface area contributed by atoms with Gasteiger partial charge in [0.2, 0.25) is 0 Å². The van der Waals surface area contributed by atoms with Gasteiger partial charge in [-0.15, -0.1) is 0 Å². The van der Waals surface area contributed by atoms with E-state index < -0.39 is 5.41 Å². The van der Waals surface area contributed by atoms with Gasteiger partial charge < -0.3 is 14.2 Å². The first-order chi connectivity index (χ1) is 16.6. The van der Waals surface area contributed by atoms with Crippen LogP contribution in [0.15, 0.2) is 97.1 Å². The van der Waals surface area contributed by atoms with Gasteiger partial charge in [0.1, 0.15) is 17.2 Å². The zero-order chi connectivity index (χ0) is 23.7. The summed E-state index contributed by atoms with van der Waals surface area (Å²) in [5.41, 5.74) is 7.62. The molecule has 5 rings (SSSR count). The maximum Gasteiger partial charge on any atom is 0.134 e. The minimum Gasteiger partial charge on any atom is -0.496 e. The molecule has 1 aliphatic carbocycles. The molecule has 0 saturated heterocycles. The van der Waals surface area contributed by atoms with Crippen molar-refractivity contribution in [3.63, 3.8) is 0 Å². The molecule has 0 radical (unpaired) electrons. The minimum atomic E-state index is -0.448. The molecule has 0 fully saturated rings. The third-order valence-electron chi connectivity index (χ3n) is 6.72. The summed E-state index contributed by atoms with van der Waals surface area (Å²) in [6, 6.07) is 32.0. The number of allylic oxidation sites excluding steroid dienone is 1. The van der Waals surface area contributed by atoms with E-state index in [1.165, 1.54) is 22.3 Å². The van der Waals surface area contributed by atoms with Gasteiger partial charge in [-0.05, 0) is 34.8 Å². The molecule has 0 bridgehead atoms. The lowest BCUT2D eigenvalue weighted by molar-refractivity contribution is 0.374. The highest BCUT2D eigenvalue weighted by atomic mass is 16.5. The summed E-state index contributed by atoms with van der Waals surface area (Å²) in [6.45, 7) is 2.12. The van der Waals surface area contributed by atoms with Crippen molar-refractivity contribution >= 4 is 5.57 Å². The van der Waals surface area contributed by atoms with Crippen LogP contribution in [0.1, 0.15) is 33.4 Å². The average molecular weight is 449 g/mol. The standard InChI is InChI=1S/C31H28O3/c1-21-14-16-23(17-15-21)31(22-10-6-5-7-11-22)20-26(25-12-8-9-13-27(25)31)30-28(33-3)18-24(32-2)19-29(30)34-4/h5-20H,1-4H3. The number of aryl methyl sites for hydroxylation is 1. The van der Waals surface area contributed by atoms with Crippen LogP contribution in [0.3, 0.4) is 0 Å². The fourth-order valence-corrected chi connectivity index (χ4v) is 5.07. The smallest absolute Gasteiger partial charge is 0.134 e. The molecule has 170 valence electrons. The first-order valence-corrected chi connectivity index (χ1v) is 11.4. The molecule has 0 aromatic heterocycles. The minimum absolute atomic E-state index is 0.448. The molecule has 0 amide bonds. The van der Waals surface area contributed by atoms with Gasteiger partial charge >= 0.3 is 0 Å². The van der Waals surface area contributed by atoms with Crippen molar-refractivity contribution in [1.82, 2.24) is 0 Å².